The summed E-state index contributed by atoms with van der Waals surface area (Å²) in [5, 5.41) is 10.7. The molecule has 4 nitrogen and oxygen atoms in total. The van der Waals surface area contributed by atoms with Crippen LogP contribution in [-0.2, 0) is 18.6 Å². The monoisotopic (exact) mass is 434 g/mol. The largest absolute Gasteiger partial charge is 0.488 e. The summed E-state index contributed by atoms with van der Waals surface area (Å²) in [7, 11) is 0. The Kier molecular flexibility index (Phi) is 5.71. The molecule has 0 saturated heterocycles. The quantitative estimate of drug-likeness (QED) is 0.327. The maximum Gasteiger partial charge on any atom is 0.134 e. The van der Waals surface area contributed by atoms with Crippen LogP contribution in [-0.4, -0.2) is 4.98 Å². The summed E-state index contributed by atoms with van der Waals surface area (Å²) in [5.74, 6) is 1.60. The number of hydrogen-bond donors (Lipinski definition) is 0. The number of ether oxygens (including phenoxy) is 2. The molecule has 1 aliphatic rings. The van der Waals surface area contributed by atoms with Crippen molar-refractivity contribution in [2.75, 3.05) is 0 Å². The second kappa shape index (κ2) is 8.96. The van der Waals surface area contributed by atoms with Gasteiger partial charge in [0.05, 0.1) is 22.7 Å². The molecule has 1 saturated carbocycles. The maximum atomic E-state index is 9.67. The molecule has 0 aliphatic heterocycles. The molecule has 3 aromatic carbocycles. The van der Waals surface area contributed by atoms with Gasteiger partial charge in [-0.05, 0) is 61.6 Å². The van der Waals surface area contributed by atoms with Crippen molar-refractivity contribution in [1.29, 1.82) is 5.26 Å². The standard InChI is InChI=1S/C29H26N2O2/c1-21-27(19-32-24-12-7-11-23(17-24)29(20-30)15-8-16-29)31-26-14-6-5-13-25(26)28(21)33-18-22-9-3-2-4-10-22/h2-7,9-14,17H,8,15-16,18-19H2,1H3. The summed E-state index contributed by atoms with van der Waals surface area (Å²) in [6, 6.07) is 28.7. The van der Waals surface area contributed by atoms with Gasteiger partial charge >= 0.3 is 0 Å². The molecular weight excluding hydrogens is 408 g/mol. The number of para-hydroxylation sites is 1. The van der Waals surface area contributed by atoms with Crippen LogP contribution in [0.25, 0.3) is 10.9 Å². The van der Waals surface area contributed by atoms with Crippen LogP contribution in [0.1, 0.15) is 41.6 Å². The van der Waals surface area contributed by atoms with E-state index in [-0.39, 0.29) is 5.41 Å². The second-order valence-corrected chi connectivity index (χ2v) is 8.67. The normalized spacial score (nSPS) is 14.3. The van der Waals surface area contributed by atoms with E-state index in [1.165, 1.54) is 0 Å². The summed E-state index contributed by atoms with van der Waals surface area (Å²) in [6.07, 6.45) is 2.94. The number of nitrogens with zero attached hydrogens (tertiary/aromatic N) is 2. The lowest BCUT2D eigenvalue weighted by atomic mass is 9.65. The molecule has 164 valence electrons. The minimum absolute atomic E-state index is 0.335. The van der Waals surface area contributed by atoms with Crippen LogP contribution >= 0.6 is 0 Å². The van der Waals surface area contributed by atoms with Crippen LogP contribution in [0, 0.1) is 18.3 Å². The van der Waals surface area contributed by atoms with E-state index in [2.05, 4.69) is 18.2 Å². The lowest BCUT2D eigenvalue weighted by Gasteiger charge is -2.35. The van der Waals surface area contributed by atoms with Gasteiger partial charge in [-0.1, -0.05) is 54.6 Å². The molecule has 4 aromatic rings. The van der Waals surface area contributed by atoms with Crippen molar-refractivity contribution in [2.24, 2.45) is 0 Å². The van der Waals surface area contributed by atoms with Gasteiger partial charge < -0.3 is 9.47 Å². The minimum atomic E-state index is -0.352. The van der Waals surface area contributed by atoms with Crippen molar-refractivity contribution < 1.29 is 9.47 Å². The number of rotatable bonds is 7. The molecule has 5 rings (SSSR count). The molecule has 0 atom stereocenters. The van der Waals surface area contributed by atoms with E-state index in [4.69, 9.17) is 14.5 Å². The lowest BCUT2D eigenvalue weighted by Crippen LogP contribution is -2.32. The van der Waals surface area contributed by atoms with Crippen LogP contribution in [0.2, 0.25) is 0 Å². The summed E-state index contributed by atoms with van der Waals surface area (Å²) < 4.78 is 12.5. The first-order chi connectivity index (χ1) is 16.2. The highest BCUT2D eigenvalue weighted by atomic mass is 16.5. The molecule has 0 radical (unpaired) electrons. The Hall–Kier alpha value is -3.84. The Bertz CT molecular complexity index is 1320. The fourth-order valence-corrected chi connectivity index (χ4v) is 4.41. The molecule has 0 spiro atoms. The third kappa shape index (κ3) is 4.15. The highest BCUT2D eigenvalue weighted by molar-refractivity contribution is 5.86. The van der Waals surface area contributed by atoms with Gasteiger partial charge in [0.15, 0.2) is 0 Å². The van der Waals surface area contributed by atoms with Crippen LogP contribution in [0.3, 0.4) is 0 Å². The molecule has 0 amide bonds. The molecule has 1 aliphatic carbocycles. The van der Waals surface area contributed by atoms with Gasteiger partial charge in [-0.3, -0.25) is 0 Å². The van der Waals surface area contributed by atoms with Crippen molar-refractivity contribution in [2.45, 2.75) is 44.8 Å². The topological polar surface area (TPSA) is 55.1 Å². The molecule has 0 unspecified atom stereocenters. The Morgan fingerprint density at radius 3 is 2.45 bits per heavy atom. The fraction of sp³-hybridized carbons (Fsp3) is 0.241. The zero-order valence-corrected chi connectivity index (χ0v) is 18.8. The van der Waals surface area contributed by atoms with Gasteiger partial charge in [-0.2, -0.15) is 5.26 Å². The molecular formula is C29H26N2O2. The smallest absolute Gasteiger partial charge is 0.134 e. The van der Waals surface area contributed by atoms with Gasteiger partial charge in [0.25, 0.3) is 0 Å². The van der Waals surface area contributed by atoms with E-state index >= 15 is 0 Å². The van der Waals surface area contributed by atoms with E-state index in [1.807, 2.05) is 73.7 Å². The average Bonchev–Trinajstić information content (AvgIpc) is 2.83. The van der Waals surface area contributed by atoms with E-state index in [1.54, 1.807) is 0 Å². The molecule has 33 heavy (non-hydrogen) atoms. The summed E-state index contributed by atoms with van der Waals surface area (Å²) in [6.45, 7) is 2.86. The highest BCUT2D eigenvalue weighted by Crippen LogP contribution is 2.44. The zero-order chi connectivity index (χ0) is 22.7. The zero-order valence-electron chi connectivity index (χ0n) is 18.8. The van der Waals surface area contributed by atoms with Crippen LogP contribution < -0.4 is 9.47 Å². The van der Waals surface area contributed by atoms with E-state index in [9.17, 15) is 5.26 Å². The maximum absolute atomic E-state index is 9.67. The van der Waals surface area contributed by atoms with Crippen LogP contribution in [0.4, 0.5) is 0 Å². The van der Waals surface area contributed by atoms with E-state index in [0.29, 0.717) is 13.2 Å². The Balaban J connectivity index is 1.41. The Morgan fingerprint density at radius 2 is 1.70 bits per heavy atom. The Morgan fingerprint density at radius 1 is 0.909 bits per heavy atom. The molecule has 1 aromatic heterocycles. The fourth-order valence-electron chi connectivity index (χ4n) is 4.41. The first kappa shape index (κ1) is 21.0. The van der Waals surface area contributed by atoms with Crippen molar-refractivity contribution in [3.63, 3.8) is 0 Å². The predicted molar refractivity (Wildman–Crippen MR) is 129 cm³/mol. The number of fused-ring (bicyclic) bond motifs is 1. The van der Waals surface area contributed by atoms with Gasteiger partial charge in [0, 0.05) is 10.9 Å². The first-order valence-electron chi connectivity index (χ1n) is 11.4. The van der Waals surface area contributed by atoms with Gasteiger partial charge in [0.2, 0.25) is 0 Å². The van der Waals surface area contributed by atoms with Gasteiger partial charge in [0.1, 0.15) is 24.7 Å². The van der Waals surface area contributed by atoms with Crippen LogP contribution in [0.15, 0.2) is 78.9 Å². The molecule has 4 heteroatoms. The minimum Gasteiger partial charge on any atom is -0.488 e. The third-order valence-electron chi connectivity index (χ3n) is 6.59. The summed E-state index contributed by atoms with van der Waals surface area (Å²) in [4.78, 5) is 4.86. The number of nitriles is 1. The van der Waals surface area contributed by atoms with E-state index in [0.717, 1.165) is 64.0 Å². The number of pyridine rings is 1. The molecule has 1 fully saturated rings. The summed E-state index contributed by atoms with van der Waals surface area (Å²) in [5.41, 5.74) is 4.53. The van der Waals surface area contributed by atoms with Crippen molar-refractivity contribution in [3.8, 4) is 17.6 Å². The van der Waals surface area contributed by atoms with Crippen molar-refractivity contribution in [3.05, 3.63) is 101 Å². The Labute approximate surface area is 194 Å². The first-order valence-corrected chi connectivity index (χ1v) is 11.4. The van der Waals surface area contributed by atoms with Crippen molar-refractivity contribution in [1.82, 2.24) is 4.98 Å². The van der Waals surface area contributed by atoms with Gasteiger partial charge in [-0.25, -0.2) is 4.98 Å². The predicted octanol–water partition coefficient (Wildman–Crippen LogP) is 6.65. The number of aromatic nitrogens is 1. The number of hydrogen-bond acceptors (Lipinski definition) is 4. The summed E-state index contributed by atoms with van der Waals surface area (Å²) >= 11 is 0. The van der Waals surface area contributed by atoms with Gasteiger partial charge in [-0.15, -0.1) is 0 Å². The van der Waals surface area contributed by atoms with Crippen molar-refractivity contribution >= 4 is 10.9 Å². The third-order valence-corrected chi connectivity index (χ3v) is 6.59. The molecule has 0 bridgehead atoms. The molecule has 0 N–H and O–H groups in total. The van der Waals surface area contributed by atoms with Crippen LogP contribution in [0.5, 0.6) is 11.5 Å². The highest BCUT2D eigenvalue weighted by Gasteiger charge is 2.39. The lowest BCUT2D eigenvalue weighted by molar-refractivity contribution is 0.288. The second-order valence-electron chi connectivity index (χ2n) is 8.67. The molecule has 1 heterocycles. The van der Waals surface area contributed by atoms with E-state index < -0.39 is 0 Å². The number of benzene rings is 3. The SMILES string of the molecule is Cc1c(COc2cccc(C3(C#N)CCC3)c2)nc2ccccc2c1OCc1ccccc1. The average molecular weight is 435 g/mol.